The molecule has 1 atom stereocenters. The van der Waals surface area contributed by atoms with E-state index in [4.69, 9.17) is 9.84 Å². The van der Waals surface area contributed by atoms with Gasteiger partial charge in [-0.3, -0.25) is 9.59 Å². The Morgan fingerprint density at radius 1 is 1.11 bits per heavy atom. The molecule has 146 valence electrons. The summed E-state index contributed by atoms with van der Waals surface area (Å²) in [6, 6.07) is 5.65. The second kappa shape index (κ2) is 9.12. The number of carbonyl (C=O) groups excluding carboxylic acids is 3. The lowest BCUT2D eigenvalue weighted by Crippen LogP contribution is -2.41. The molecule has 0 saturated carbocycles. The van der Waals surface area contributed by atoms with Crippen molar-refractivity contribution in [2.45, 2.75) is 52.7 Å². The van der Waals surface area contributed by atoms with Gasteiger partial charge in [0.2, 0.25) is 5.91 Å². The van der Waals surface area contributed by atoms with Crippen molar-refractivity contribution in [2.75, 3.05) is 0 Å². The van der Waals surface area contributed by atoms with Crippen LogP contribution in [0.1, 0.15) is 45.7 Å². The number of ketones is 1. The minimum atomic E-state index is -1.13. The summed E-state index contributed by atoms with van der Waals surface area (Å²) in [6.45, 7) is 7.68. The van der Waals surface area contributed by atoms with Gasteiger partial charge < -0.3 is 15.2 Å². The lowest BCUT2D eigenvalue weighted by Gasteiger charge is -2.20. The van der Waals surface area contributed by atoms with Gasteiger partial charge in [-0.15, -0.1) is 0 Å². The third-order valence-corrected chi connectivity index (χ3v) is 3.40. The Labute approximate surface area is 158 Å². The number of Topliss-reactive ketones (excluding diaryl/α,β-unsaturated/α-hetero) is 1. The molecule has 1 amide bonds. The van der Waals surface area contributed by atoms with Gasteiger partial charge in [-0.1, -0.05) is 24.3 Å². The first kappa shape index (κ1) is 22.1. The Hall–Kier alpha value is -2.96. The van der Waals surface area contributed by atoms with Crippen molar-refractivity contribution >= 4 is 29.7 Å². The molecule has 0 aromatic heterocycles. The Morgan fingerprint density at radius 3 is 2.07 bits per heavy atom. The number of amides is 1. The lowest BCUT2D eigenvalue weighted by atomic mass is 10.0. The maximum absolute atomic E-state index is 12.2. The Bertz CT molecular complexity index is 756. The second-order valence-electron chi connectivity index (χ2n) is 7.15. The molecule has 7 heteroatoms. The van der Waals surface area contributed by atoms with Gasteiger partial charge in [0.05, 0.1) is 0 Å². The number of esters is 1. The number of carboxylic acids is 1. The smallest absolute Gasteiger partial charge is 0.342 e. The number of hydrogen-bond donors (Lipinski definition) is 2. The van der Waals surface area contributed by atoms with Crippen molar-refractivity contribution in [1.82, 2.24) is 5.32 Å². The maximum Gasteiger partial charge on any atom is 0.342 e. The van der Waals surface area contributed by atoms with Crippen molar-refractivity contribution in [3.63, 3.8) is 0 Å². The molecule has 0 saturated heterocycles. The molecule has 1 rings (SSSR count). The van der Waals surface area contributed by atoms with E-state index in [9.17, 15) is 19.2 Å². The number of benzene rings is 1. The molecule has 2 N–H and O–H groups in total. The molecule has 0 unspecified atom stereocenters. The van der Waals surface area contributed by atoms with Crippen molar-refractivity contribution < 1.29 is 29.0 Å². The van der Waals surface area contributed by atoms with E-state index < -0.39 is 35.3 Å². The van der Waals surface area contributed by atoms with Crippen LogP contribution in [-0.2, 0) is 30.3 Å². The van der Waals surface area contributed by atoms with Crippen LogP contribution < -0.4 is 5.32 Å². The number of nitrogens with one attached hydrogen (secondary N) is 1. The molecule has 0 aliphatic carbocycles. The van der Waals surface area contributed by atoms with Gasteiger partial charge in [-0.25, -0.2) is 9.59 Å². The molecule has 0 spiro atoms. The van der Waals surface area contributed by atoms with Crippen molar-refractivity contribution in [2.24, 2.45) is 0 Å². The van der Waals surface area contributed by atoms with E-state index in [1.807, 2.05) is 0 Å². The molecule has 1 aromatic carbocycles. The Balaban J connectivity index is 3.00. The quantitative estimate of drug-likeness (QED) is 0.327. The molecule has 0 bridgehead atoms. The monoisotopic (exact) mass is 375 g/mol. The average Bonchev–Trinajstić information content (AvgIpc) is 2.50. The first-order valence-corrected chi connectivity index (χ1v) is 8.44. The fourth-order valence-corrected chi connectivity index (χ4v) is 2.24. The highest BCUT2D eigenvalue weighted by Gasteiger charge is 2.23. The van der Waals surface area contributed by atoms with Gasteiger partial charge in [0, 0.05) is 13.3 Å². The summed E-state index contributed by atoms with van der Waals surface area (Å²) < 4.78 is 5.24. The third-order valence-electron chi connectivity index (χ3n) is 3.40. The van der Waals surface area contributed by atoms with Gasteiger partial charge >= 0.3 is 11.9 Å². The van der Waals surface area contributed by atoms with Gasteiger partial charge in [0.15, 0.2) is 5.78 Å². The lowest BCUT2D eigenvalue weighted by molar-refractivity contribution is -0.150. The first-order chi connectivity index (χ1) is 12.4. The fraction of sp³-hybridized carbons (Fsp3) is 0.400. The zero-order valence-electron chi connectivity index (χ0n) is 16.2. The number of ether oxygens (including phenoxy) is 1. The highest BCUT2D eigenvalue weighted by molar-refractivity contribution is 6.19. The summed E-state index contributed by atoms with van der Waals surface area (Å²) in [4.78, 5) is 46.3. The van der Waals surface area contributed by atoms with E-state index >= 15 is 0 Å². The van der Waals surface area contributed by atoms with E-state index in [2.05, 4.69) is 5.32 Å². The van der Waals surface area contributed by atoms with Crippen LogP contribution in [0.15, 0.2) is 29.8 Å². The van der Waals surface area contributed by atoms with Gasteiger partial charge in [0.1, 0.15) is 17.2 Å². The topological polar surface area (TPSA) is 110 Å². The van der Waals surface area contributed by atoms with Crippen LogP contribution in [0.5, 0.6) is 0 Å². The van der Waals surface area contributed by atoms with Crippen LogP contribution >= 0.6 is 0 Å². The van der Waals surface area contributed by atoms with E-state index in [0.717, 1.165) is 0 Å². The molecule has 0 fully saturated rings. The molecule has 0 aliphatic heterocycles. The maximum atomic E-state index is 12.2. The zero-order valence-corrected chi connectivity index (χ0v) is 16.2. The van der Waals surface area contributed by atoms with Crippen LogP contribution in [0.4, 0.5) is 0 Å². The summed E-state index contributed by atoms with van der Waals surface area (Å²) in [6.07, 6.45) is 1.55. The van der Waals surface area contributed by atoms with Crippen LogP contribution in [0.3, 0.4) is 0 Å². The van der Waals surface area contributed by atoms with Crippen LogP contribution in [0.25, 0.3) is 6.08 Å². The number of carboxylic acid groups (broad SMARTS) is 1. The van der Waals surface area contributed by atoms with Crippen LogP contribution in [0.2, 0.25) is 0 Å². The summed E-state index contributed by atoms with van der Waals surface area (Å²) >= 11 is 0. The van der Waals surface area contributed by atoms with Crippen molar-refractivity contribution in [3.05, 3.63) is 41.0 Å². The number of hydrogen-bond acceptors (Lipinski definition) is 5. The Morgan fingerprint density at radius 2 is 1.67 bits per heavy atom. The van der Waals surface area contributed by atoms with E-state index in [-0.39, 0.29) is 12.0 Å². The highest BCUT2D eigenvalue weighted by Crippen LogP contribution is 2.16. The summed E-state index contributed by atoms with van der Waals surface area (Å²) in [5.41, 5.74) is 0.501. The number of rotatable bonds is 7. The standard InChI is InChI=1S/C20H25NO6/c1-12(22)16(19(26)27-20(3,4)5)10-14-6-8-15(9-7-14)11-17(18(24)25)21-13(2)23/h6-10,17H,11H2,1-5H3,(H,21,23)(H,24,25)/b16-10+/t17-/m0/s1. The molecule has 7 nitrogen and oxygen atoms in total. The highest BCUT2D eigenvalue weighted by atomic mass is 16.6. The largest absolute Gasteiger partial charge is 0.480 e. The second-order valence-corrected chi connectivity index (χ2v) is 7.15. The van der Waals surface area contributed by atoms with Gasteiger partial charge in [0.25, 0.3) is 0 Å². The normalized spacial score (nSPS) is 12.9. The minimum absolute atomic E-state index is 0.0701. The summed E-state index contributed by atoms with van der Waals surface area (Å²) in [7, 11) is 0. The molecule has 0 heterocycles. The first-order valence-electron chi connectivity index (χ1n) is 8.44. The summed E-state index contributed by atoms with van der Waals surface area (Å²) in [5.74, 6) is -2.66. The third kappa shape index (κ3) is 7.85. The average molecular weight is 375 g/mol. The molecular formula is C20H25NO6. The van der Waals surface area contributed by atoms with Gasteiger partial charge in [-0.2, -0.15) is 0 Å². The predicted octanol–water partition coefficient (Wildman–Crippen LogP) is 2.13. The summed E-state index contributed by atoms with van der Waals surface area (Å²) in [5, 5.41) is 11.5. The van der Waals surface area contributed by atoms with Crippen LogP contribution in [-0.4, -0.2) is 40.4 Å². The number of carbonyl (C=O) groups is 4. The van der Waals surface area contributed by atoms with Gasteiger partial charge in [-0.05, 0) is 44.9 Å². The molecule has 27 heavy (non-hydrogen) atoms. The van der Waals surface area contributed by atoms with E-state index in [0.29, 0.717) is 11.1 Å². The molecular weight excluding hydrogens is 350 g/mol. The minimum Gasteiger partial charge on any atom is -0.480 e. The van der Waals surface area contributed by atoms with Crippen LogP contribution in [0, 0.1) is 0 Å². The fourth-order valence-electron chi connectivity index (χ4n) is 2.24. The molecule has 0 aliphatic rings. The SMILES string of the molecule is CC(=O)N[C@@H](Cc1ccc(/C=C(\C(C)=O)C(=O)OC(C)(C)C)cc1)C(=O)O. The zero-order chi connectivity index (χ0) is 20.8. The van der Waals surface area contributed by atoms with Crippen molar-refractivity contribution in [1.29, 1.82) is 0 Å². The number of aliphatic carboxylic acids is 1. The van der Waals surface area contributed by atoms with E-state index in [1.165, 1.54) is 19.9 Å². The van der Waals surface area contributed by atoms with E-state index in [1.54, 1.807) is 45.0 Å². The Kier molecular flexibility index (Phi) is 7.45. The van der Waals surface area contributed by atoms with Crippen molar-refractivity contribution in [3.8, 4) is 0 Å². The molecule has 1 aromatic rings. The predicted molar refractivity (Wildman–Crippen MR) is 99.9 cm³/mol. The molecule has 0 radical (unpaired) electrons.